The molecular formula is C16H15IN2O2S. The lowest BCUT2D eigenvalue weighted by molar-refractivity contribution is -0.115. The Morgan fingerprint density at radius 2 is 2.23 bits per heavy atom. The first-order valence-corrected chi connectivity index (χ1v) is 8.19. The molecule has 2 N–H and O–H groups in total. The van der Waals surface area contributed by atoms with E-state index in [0.717, 1.165) is 21.2 Å². The van der Waals surface area contributed by atoms with Crippen molar-refractivity contribution in [1.29, 1.82) is 0 Å². The van der Waals surface area contributed by atoms with Crippen molar-refractivity contribution in [2.24, 2.45) is 0 Å². The summed E-state index contributed by atoms with van der Waals surface area (Å²) in [6, 6.07) is 9.55. The molecule has 1 aromatic carbocycles. The number of hydrogen-bond donors (Lipinski definition) is 2. The number of hydrogen-bond acceptors (Lipinski definition) is 3. The zero-order valence-corrected chi connectivity index (χ0v) is 14.9. The van der Waals surface area contributed by atoms with Crippen LogP contribution in [0.3, 0.4) is 0 Å². The van der Waals surface area contributed by atoms with Crippen LogP contribution in [-0.4, -0.2) is 11.0 Å². The van der Waals surface area contributed by atoms with E-state index in [1.807, 2.05) is 12.1 Å². The fourth-order valence-electron chi connectivity index (χ4n) is 1.83. The molecule has 2 rings (SSSR count). The molecule has 1 aromatic heterocycles. The predicted molar refractivity (Wildman–Crippen MR) is 101 cm³/mol. The fourth-order valence-corrected chi connectivity index (χ4v) is 2.59. The van der Waals surface area contributed by atoms with Crippen LogP contribution >= 0.6 is 34.8 Å². The maximum atomic E-state index is 11.8. The number of amides is 1. The Morgan fingerprint density at radius 1 is 1.41 bits per heavy atom. The van der Waals surface area contributed by atoms with Crippen LogP contribution in [0.15, 0.2) is 47.1 Å². The summed E-state index contributed by atoms with van der Waals surface area (Å²) in [7, 11) is 0. The lowest BCUT2D eigenvalue weighted by atomic mass is 10.1. The van der Waals surface area contributed by atoms with Crippen molar-refractivity contribution in [2.45, 2.75) is 13.3 Å². The summed E-state index contributed by atoms with van der Waals surface area (Å²) in [5.74, 6) is 0.303. The van der Waals surface area contributed by atoms with Crippen LogP contribution in [0.25, 0.3) is 6.08 Å². The number of carbonyl (C=O) groups excluding carboxylic acids is 1. The quantitative estimate of drug-likeness (QED) is 0.442. The number of thiocarbonyl (C=S) groups is 1. The van der Waals surface area contributed by atoms with Crippen LogP contribution in [0.2, 0.25) is 0 Å². The molecule has 0 radical (unpaired) electrons. The highest BCUT2D eigenvalue weighted by Crippen LogP contribution is 2.19. The number of carbonyl (C=O) groups is 1. The van der Waals surface area contributed by atoms with E-state index in [-0.39, 0.29) is 11.0 Å². The second kappa shape index (κ2) is 8.09. The van der Waals surface area contributed by atoms with E-state index in [9.17, 15) is 4.79 Å². The van der Waals surface area contributed by atoms with E-state index in [2.05, 4.69) is 46.2 Å². The molecule has 114 valence electrons. The summed E-state index contributed by atoms with van der Waals surface area (Å²) in [6.45, 7) is 2.07. The summed E-state index contributed by atoms with van der Waals surface area (Å²) in [5.41, 5.74) is 2.05. The van der Waals surface area contributed by atoms with Crippen molar-refractivity contribution in [3.8, 4) is 0 Å². The molecule has 0 aliphatic carbocycles. The molecule has 0 saturated heterocycles. The normalized spacial score (nSPS) is 10.6. The van der Waals surface area contributed by atoms with Crippen LogP contribution in [0.5, 0.6) is 0 Å². The molecule has 22 heavy (non-hydrogen) atoms. The first-order valence-electron chi connectivity index (χ1n) is 6.70. The number of furan rings is 1. The molecule has 0 bridgehead atoms. The summed E-state index contributed by atoms with van der Waals surface area (Å²) >= 11 is 7.43. The lowest BCUT2D eigenvalue weighted by Gasteiger charge is -2.12. The van der Waals surface area contributed by atoms with Gasteiger partial charge in [-0.05, 0) is 83.2 Å². The third-order valence-corrected chi connectivity index (χ3v) is 3.75. The number of halogens is 1. The van der Waals surface area contributed by atoms with Gasteiger partial charge in [0.15, 0.2) is 5.11 Å². The van der Waals surface area contributed by atoms with Gasteiger partial charge in [0.25, 0.3) is 0 Å². The minimum atomic E-state index is -0.308. The maximum Gasteiger partial charge on any atom is 0.250 e. The summed E-state index contributed by atoms with van der Waals surface area (Å²) < 4.78 is 6.27. The number of benzene rings is 1. The highest BCUT2D eigenvalue weighted by Gasteiger charge is 2.06. The largest absolute Gasteiger partial charge is 0.465 e. The molecule has 4 nitrogen and oxygen atoms in total. The summed E-state index contributed by atoms with van der Waals surface area (Å²) in [6.07, 6.45) is 5.39. The number of nitrogens with one attached hydrogen (secondary N) is 2. The Kier molecular flexibility index (Phi) is 6.14. The van der Waals surface area contributed by atoms with Crippen molar-refractivity contribution in [3.63, 3.8) is 0 Å². The van der Waals surface area contributed by atoms with E-state index in [0.29, 0.717) is 5.76 Å². The molecule has 1 heterocycles. The Hall–Kier alpha value is -1.67. The van der Waals surface area contributed by atoms with E-state index in [1.165, 1.54) is 6.08 Å². The van der Waals surface area contributed by atoms with Gasteiger partial charge in [0.05, 0.1) is 6.26 Å². The SMILES string of the molecule is CCc1cc(I)ccc1NC(=S)NC(=O)C=Cc1ccco1. The van der Waals surface area contributed by atoms with Crippen LogP contribution in [-0.2, 0) is 11.2 Å². The van der Waals surface area contributed by atoms with Gasteiger partial charge in [-0.15, -0.1) is 0 Å². The molecule has 0 aliphatic heterocycles. The molecule has 1 amide bonds. The van der Waals surface area contributed by atoms with Crippen molar-refractivity contribution >= 4 is 57.6 Å². The number of anilines is 1. The smallest absolute Gasteiger partial charge is 0.250 e. The van der Waals surface area contributed by atoms with E-state index < -0.39 is 0 Å². The molecule has 0 unspecified atom stereocenters. The molecular weight excluding hydrogens is 411 g/mol. The van der Waals surface area contributed by atoms with Gasteiger partial charge in [0, 0.05) is 15.3 Å². The van der Waals surface area contributed by atoms with Crippen molar-refractivity contribution in [1.82, 2.24) is 5.32 Å². The first kappa shape index (κ1) is 16.7. The molecule has 0 atom stereocenters. The zero-order valence-electron chi connectivity index (χ0n) is 11.9. The Balaban J connectivity index is 1.94. The lowest BCUT2D eigenvalue weighted by Crippen LogP contribution is -2.33. The van der Waals surface area contributed by atoms with Crippen LogP contribution in [0.4, 0.5) is 5.69 Å². The van der Waals surface area contributed by atoms with Gasteiger partial charge in [-0.1, -0.05) is 6.92 Å². The Bertz CT molecular complexity index is 696. The monoisotopic (exact) mass is 426 g/mol. The molecule has 0 aliphatic rings. The highest BCUT2D eigenvalue weighted by atomic mass is 127. The molecule has 0 spiro atoms. The highest BCUT2D eigenvalue weighted by molar-refractivity contribution is 14.1. The maximum absolute atomic E-state index is 11.8. The van der Waals surface area contributed by atoms with Gasteiger partial charge in [0.2, 0.25) is 5.91 Å². The van der Waals surface area contributed by atoms with Gasteiger partial charge in [-0.2, -0.15) is 0 Å². The van der Waals surface area contributed by atoms with Gasteiger partial charge >= 0.3 is 0 Å². The minimum absolute atomic E-state index is 0.269. The third-order valence-electron chi connectivity index (χ3n) is 2.88. The fraction of sp³-hybridized carbons (Fsp3) is 0.125. The average Bonchev–Trinajstić information content (AvgIpc) is 3.00. The van der Waals surface area contributed by atoms with Gasteiger partial charge in [-0.3, -0.25) is 10.1 Å². The Labute approximate surface area is 148 Å². The summed E-state index contributed by atoms with van der Waals surface area (Å²) in [5, 5.41) is 5.93. The standard InChI is InChI=1S/C16H15IN2O2S/c1-2-11-10-12(17)5-7-14(11)18-16(22)19-15(20)8-6-13-4-3-9-21-13/h3-10H,2H2,1H3,(H2,18,19,20,22). The second-order valence-electron chi connectivity index (χ2n) is 4.45. The van der Waals surface area contributed by atoms with Crippen molar-refractivity contribution in [3.05, 3.63) is 57.6 Å². The second-order valence-corrected chi connectivity index (χ2v) is 6.10. The van der Waals surface area contributed by atoms with Crippen LogP contribution in [0, 0.1) is 3.57 Å². The third kappa shape index (κ3) is 4.96. The van der Waals surface area contributed by atoms with Gasteiger partial charge in [-0.25, -0.2) is 0 Å². The molecule has 2 aromatic rings. The van der Waals surface area contributed by atoms with Crippen molar-refractivity contribution in [2.75, 3.05) is 5.32 Å². The minimum Gasteiger partial charge on any atom is -0.465 e. The molecule has 0 saturated carbocycles. The van der Waals surface area contributed by atoms with Crippen LogP contribution in [0.1, 0.15) is 18.2 Å². The van der Waals surface area contributed by atoms with Gasteiger partial charge < -0.3 is 9.73 Å². The zero-order chi connectivity index (χ0) is 15.9. The topological polar surface area (TPSA) is 54.3 Å². The Morgan fingerprint density at radius 3 is 2.91 bits per heavy atom. The molecule has 6 heteroatoms. The van der Waals surface area contributed by atoms with E-state index in [1.54, 1.807) is 24.5 Å². The van der Waals surface area contributed by atoms with E-state index in [4.69, 9.17) is 16.6 Å². The first-order chi connectivity index (χ1) is 10.6. The average molecular weight is 426 g/mol. The summed E-state index contributed by atoms with van der Waals surface area (Å²) in [4.78, 5) is 11.8. The molecule has 0 fully saturated rings. The number of rotatable bonds is 4. The van der Waals surface area contributed by atoms with E-state index >= 15 is 0 Å². The van der Waals surface area contributed by atoms with Crippen molar-refractivity contribution < 1.29 is 9.21 Å². The van der Waals surface area contributed by atoms with Gasteiger partial charge in [0.1, 0.15) is 5.76 Å². The predicted octanol–water partition coefficient (Wildman–Crippen LogP) is 3.97. The number of aryl methyl sites for hydroxylation is 1. The van der Waals surface area contributed by atoms with Crippen LogP contribution < -0.4 is 10.6 Å².